The molecule has 3 aromatic heterocycles. The number of aromatic nitrogens is 4. The number of anilines is 1. The lowest BCUT2D eigenvalue weighted by Gasteiger charge is -2.34. The molecule has 3 aromatic rings. The number of aliphatic hydroxyl groups is 1. The summed E-state index contributed by atoms with van der Waals surface area (Å²) in [5, 5.41) is 14.4. The summed E-state index contributed by atoms with van der Waals surface area (Å²) in [6.45, 7) is 4.28. The first kappa shape index (κ1) is 20.0. The van der Waals surface area contributed by atoms with Gasteiger partial charge in [0.1, 0.15) is 5.65 Å². The predicted molar refractivity (Wildman–Crippen MR) is 111 cm³/mol. The SMILES string of the molecule is CCC(O)CN1CCCC(Nc2nc(-c3c[nH]c4ncc(Cl)cc34)ncc2F)C1. The van der Waals surface area contributed by atoms with Crippen molar-refractivity contribution in [2.45, 2.75) is 38.3 Å². The van der Waals surface area contributed by atoms with Crippen LogP contribution in [-0.2, 0) is 0 Å². The second-order valence-corrected chi connectivity index (χ2v) is 7.88. The van der Waals surface area contributed by atoms with E-state index in [0.717, 1.165) is 43.3 Å². The Bertz CT molecular complexity index is 996. The van der Waals surface area contributed by atoms with E-state index in [1.165, 1.54) is 6.20 Å². The predicted octanol–water partition coefficient (Wildman–Crippen LogP) is 3.46. The number of pyridine rings is 1. The molecule has 0 spiro atoms. The van der Waals surface area contributed by atoms with E-state index in [2.05, 4.69) is 30.2 Å². The van der Waals surface area contributed by atoms with E-state index in [0.29, 0.717) is 23.0 Å². The number of nitrogens with one attached hydrogen (secondary N) is 2. The van der Waals surface area contributed by atoms with Gasteiger partial charge < -0.3 is 15.4 Å². The Kier molecular flexibility index (Phi) is 5.94. The van der Waals surface area contributed by atoms with Gasteiger partial charge in [0.2, 0.25) is 0 Å². The maximum atomic E-state index is 14.4. The normalized spacial score (nSPS) is 18.8. The third-order valence-corrected chi connectivity index (χ3v) is 5.48. The summed E-state index contributed by atoms with van der Waals surface area (Å²) < 4.78 is 14.4. The molecular weight excluding hydrogens is 395 g/mol. The molecule has 0 aliphatic carbocycles. The van der Waals surface area contributed by atoms with Crippen LogP contribution in [-0.4, -0.2) is 61.7 Å². The summed E-state index contributed by atoms with van der Waals surface area (Å²) in [7, 11) is 0. The minimum Gasteiger partial charge on any atom is -0.392 e. The van der Waals surface area contributed by atoms with Crippen molar-refractivity contribution < 1.29 is 9.50 Å². The molecule has 4 heterocycles. The van der Waals surface area contributed by atoms with Crippen LogP contribution < -0.4 is 5.32 Å². The lowest BCUT2D eigenvalue weighted by Crippen LogP contribution is -2.45. The second kappa shape index (κ2) is 8.61. The van der Waals surface area contributed by atoms with E-state index in [-0.39, 0.29) is 18.0 Å². The van der Waals surface area contributed by atoms with E-state index in [1.54, 1.807) is 18.5 Å². The first-order chi connectivity index (χ1) is 14.0. The third-order valence-electron chi connectivity index (χ3n) is 5.27. The maximum absolute atomic E-state index is 14.4. The average molecular weight is 419 g/mol. The first-order valence-corrected chi connectivity index (χ1v) is 10.2. The van der Waals surface area contributed by atoms with Gasteiger partial charge in [-0.25, -0.2) is 19.3 Å². The van der Waals surface area contributed by atoms with Gasteiger partial charge in [0, 0.05) is 42.5 Å². The van der Waals surface area contributed by atoms with Gasteiger partial charge in [0.25, 0.3) is 0 Å². The highest BCUT2D eigenvalue weighted by atomic mass is 35.5. The smallest absolute Gasteiger partial charge is 0.183 e. The fourth-order valence-electron chi connectivity index (χ4n) is 3.72. The van der Waals surface area contributed by atoms with Gasteiger partial charge in [0.15, 0.2) is 17.5 Å². The van der Waals surface area contributed by atoms with E-state index >= 15 is 0 Å². The zero-order chi connectivity index (χ0) is 20.4. The fraction of sp³-hybridized carbons (Fsp3) is 0.450. The van der Waals surface area contributed by atoms with Gasteiger partial charge >= 0.3 is 0 Å². The number of aromatic amines is 1. The average Bonchev–Trinajstić information content (AvgIpc) is 3.13. The molecule has 1 aliphatic rings. The number of likely N-dealkylation sites (tertiary alicyclic amines) is 1. The van der Waals surface area contributed by atoms with Crippen LogP contribution in [0.1, 0.15) is 26.2 Å². The van der Waals surface area contributed by atoms with Gasteiger partial charge in [-0.2, -0.15) is 0 Å². The van der Waals surface area contributed by atoms with Crippen LogP contribution in [0.5, 0.6) is 0 Å². The van der Waals surface area contributed by atoms with Crippen molar-refractivity contribution >= 4 is 28.5 Å². The largest absolute Gasteiger partial charge is 0.392 e. The van der Waals surface area contributed by atoms with Crippen LogP contribution in [0.2, 0.25) is 5.02 Å². The van der Waals surface area contributed by atoms with Crippen LogP contribution in [0.4, 0.5) is 10.2 Å². The Hall–Kier alpha value is -2.29. The van der Waals surface area contributed by atoms with E-state index in [1.807, 2.05) is 6.92 Å². The molecule has 7 nitrogen and oxygen atoms in total. The fourth-order valence-corrected chi connectivity index (χ4v) is 3.88. The number of H-pyrrole nitrogens is 1. The Labute approximate surface area is 173 Å². The Balaban J connectivity index is 1.55. The highest BCUT2D eigenvalue weighted by molar-refractivity contribution is 6.31. The molecule has 1 saturated heterocycles. The zero-order valence-electron chi connectivity index (χ0n) is 16.2. The molecule has 29 heavy (non-hydrogen) atoms. The lowest BCUT2D eigenvalue weighted by molar-refractivity contribution is 0.0952. The molecule has 0 aromatic carbocycles. The van der Waals surface area contributed by atoms with E-state index < -0.39 is 5.82 Å². The summed E-state index contributed by atoms with van der Waals surface area (Å²) in [6, 6.07) is 1.84. The van der Waals surface area contributed by atoms with E-state index in [4.69, 9.17) is 11.6 Å². The topological polar surface area (TPSA) is 90.0 Å². The summed E-state index contributed by atoms with van der Waals surface area (Å²) in [4.78, 5) is 18.1. The molecular formula is C20H24ClFN6O. The van der Waals surface area contributed by atoms with Crippen molar-refractivity contribution in [2.24, 2.45) is 0 Å². The Morgan fingerprint density at radius 1 is 1.41 bits per heavy atom. The molecule has 3 N–H and O–H groups in total. The molecule has 1 fully saturated rings. The van der Waals surface area contributed by atoms with Crippen molar-refractivity contribution in [3.8, 4) is 11.4 Å². The lowest BCUT2D eigenvalue weighted by atomic mass is 10.0. The molecule has 0 radical (unpaired) electrons. The van der Waals surface area contributed by atoms with Crippen molar-refractivity contribution in [3.05, 3.63) is 35.5 Å². The molecule has 4 rings (SSSR count). The standard InChI is InChI=1S/C20H24ClFN6O/c1-2-14(29)11-28-5-3-4-13(10-28)26-20-17(22)9-25-19(27-20)16-8-24-18-15(16)6-12(21)7-23-18/h6-9,13-14,29H,2-5,10-11H2,1H3,(H,23,24)(H,25,26,27). The first-order valence-electron chi connectivity index (χ1n) is 9.86. The van der Waals surface area contributed by atoms with Crippen molar-refractivity contribution in [1.82, 2.24) is 24.8 Å². The molecule has 2 atom stereocenters. The van der Waals surface area contributed by atoms with Gasteiger partial charge in [-0.3, -0.25) is 4.90 Å². The van der Waals surface area contributed by atoms with Crippen LogP contribution in [0.25, 0.3) is 22.4 Å². The van der Waals surface area contributed by atoms with Gasteiger partial charge in [0.05, 0.1) is 17.3 Å². The molecule has 0 saturated carbocycles. The number of halogens is 2. The number of hydrogen-bond donors (Lipinski definition) is 3. The highest BCUT2D eigenvalue weighted by Crippen LogP contribution is 2.28. The second-order valence-electron chi connectivity index (χ2n) is 7.45. The zero-order valence-corrected chi connectivity index (χ0v) is 17.0. The molecule has 2 unspecified atom stereocenters. The number of fused-ring (bicyclic) bond motifs is 1. The van der Waals surface area contributed by atoms with E-state index in [9.17, 15) is 9.50 Å². The number of piperidine rings is 1. The summed E-state index contributed by atoms with van der Waals surface area (Å²) in [6.07, 6.45) is 6.79. The molecule has 0 bridgehead atoms. The number of β-amino-alcohol motifs (C(OH)–C–C–N with tert-alkyl or cyclic N) is 1. The highest BCUT2D eigenvalue weighted by Gasteiger charge is 2.23. The number of rotatable bonds is 6. The number of hydrogen-bond acceptors (Lipinski definition) is 6. The van der Waals surface area contributed by atoms with Crippen molar-refractivity contribution in [3.63, 3.8) is 0 Å². The van der Waals surface area contributed by atoms with Gasteiger partial charge in [-0.15, -0.1) is 0 Å². The Morgan fingerprint density at radius 2 is 2.28 bits per heavy atom. The van der Waals surface area contributed by atoms with Crippen LogP contribution in [0, 0.1) is 5.82 Å². The quantitative estimate of drug-likeness (QED) is 0.568. The van der Waals surface area contributed by atoms with Gasteiger partial charge in [-0.05, 0) is 31.9 Å². The van der Waals surface area contributed by atoms with Crippen molar-refractivity contribution in [1.29, 1.82) is 0 Å². The maximum Gasteiger partial charge on any atom is 0.183 e. The Morgan fingerprint density at radius 3 is 3.10 bits per heavy atom. The molecule has 154 valence electrons. The molecule has 0 amide bonds. The van der Waals surface area contributed by atoms with Crippen LogP contribution in [0.15, 0.2) is 24.7 Å². The summed E-state index contributed by atoms with van der Waals surface area (Å²) >= 11 is 6.07. The minimum atomic E-state index is -0.490. The molecule has 1 aliphatic heterocycles. The van der Waals surface area contributed by atoms with Crippen molar-refractivity contribution in [2.75, 3.05) is 25.0 Å². The van der Waals surface area contributed by atoms with Crippen LogP contribution >= 0.6 is 11.6 Å². The third kappa shape index (κ3) is 4.49. The summed E-state index contributed by atoms with van der Waals surface area (Å²) in [5.74, 6) is 0.0935. The minimum absolute atomic E-state index is 0.0594. The number of nitrogens with zero attached hydrogens (tertiary/aromatic N) is 4. The molecule has 9 heteroatoms. The van der Waals surface area contributed by atoms with Gasteiger partial charge in [-0.1, -0.05) is 18.5 Å². The van der Waals surface area contributed by atoms with Crippen LogP contribution in [0.3, 0.4) is 0 Å². The number of aliphatic hydroxyl groups excluding tert-OH is 1. The monoisotopic (exact) mass is 418 g/mol. The summed E-state index contributed by atoms with van der Waals surface area (Å²) in [5.41, 5.74) is 1.39.